The maximum atomic E-state index is 12.4. The van der Waals surface area contributed by atoms with Crippen LogP contribution in [0, 0.1) is 0 Å². The number of alkyl halides is 3. The van der Waals surface area contributed by atoms with Gasteiger partial charge in [-0.1, -0.05) is 57.8 Å². The molecule has 0 fully saturated rings. The number of allylic oxidation sites excluding steroid dienone is 2. The van der Waals surface area contributed by atoms with E-state index in [0.717, 1.165) is 38.5 Å². The van der Waals surface area contributed by atoms with Gasteiger partial charge in [-0.25, -0.2) is 0 Å². The van der Waals surface area contributed by atoms with Gasteiger partial charge >= 0.3 is 15.6 Å². The standard InChI is InChI=1S/C16H27F3O3S/c17-16(18,19)23(20,21)22-15-13-11-9-7-5-3-1-2-4-6-8-10-12-14-15/h13H,1-12,14H2/b15-13+. The van der Waals surface area contributed by atoms with Crippen LogP contribution in [0.15, 0.2) is 11.8 Å². The van der Waals surface area contributed by atoms with Crippen molar-refractivity contribution < 1.29 is 25.8 Å². The summed E-state index contributed by atoms with van der Waals surface area (Å²) >= 11 is 0. The van der Waals surface area contributed by atoms with Gasteiger partial charge < -0.3 is 4.18 Å². The van der Waals surface area contributed by atoms with Crippen LogP contribution in [0.5, 0.6) is 0 Å². The van der Waals surface area contributed by atoms with Gasteiger partial charge in [0, 0.05) is 6.42 Å². The van der Waals surface area contributed by atoms with Crippen LogP contribution in [0.25, 0.3) is 0 Å². The van der Waals surface area contributed by atoms with Crippen LogP contribution in [0.1, 0.15) is 83.5 Å². The molecule has 23 heavy (non-hydrogen) atoms. The molecule has 0 unspecified atom stereocenters. The molecule has 0 aromatic rings. The molecule has 0 spiro atoms. The Kier molecular flexibility index (Phi) is 9.02. The molecule has 0 aliphatic heterocycles. The highest BCUT2D eigenvalue weighted by atomic mass is 32.2. The largest absolute Gasteiger partial charge is 0.534 e. The smallest absolute Gasteiger partial charge is 0.381 e. The Balaban J connectivity index is 2.62. The molecule has 3 nitrogen and oxygen atoms in total. The van der Waals surface area contributed by atoms with E-state index < -0.39 is 15.6 Å². The van der Waals surface area contributed by atoms with Gasteiger partial charge in [0.15, 0.2) is 0 Å². The third-order valence-corrected chi connectivity index (χ3v) is 5.00. The van der Waals surface area contributed by atoms with Crippen LogP contribution < -0.4 is 0 Å². The second-order valence-electron chi connectivity index (χ2n) is 6.08. The average molecular weight is 356 g/mol. The first-order valence-corrected chi connectivity index (χ1v) is 9.93. The Hall–Kier alpha value is -0.720. The maximum absolute atomic E-state index is 12.4. The Morgan fingerprint density at radius 2 is 1.22 bits per heavy atom. The molecule has 0 aromatic heterocycles. The molecule has 0 heterocycles. The summed E-state index contributed by atoms with van der Waals surface area (Å²) in [5.74, 6) is -0.0582. The van der Waals surface area contributed by atoms with E-state index >= 15 is 0 Å². The summed E-state index contributed by atoms with van der Waals surface area (Å²) in [7, 11) is -5.55. The van der Waals surface area contributed by atoms with Crippen LogP contribution in [0.4, 0.5) is 13.2 Å². The molecule has 0 saturated carbocycles. The van der Waals surface area contributed by atoms with Gasteiger partial charge in [0.05, 0.1) is 0 Å². The minimum Gasteiger partial charge on any atom is -0.381 e. The molecule has 0 radical (unpaired) electrons. The number of hydrogen-bond acceptors (Lipinski definition) is 3. The summed E-state index contributed by atoms with van der Waals surface area (Å²) in [6.07, 6.45) is 13.9. The first-order chi connectivity index (χ1) is 10.8. The first kappa shape index (κ1) is 20.3. The highest BCUT2D eigenvalue weighted by Crippen LogP contribution is 2.28. The van der Waals surface area contributed by atoms with Crippen molar-refractivity contribution >= 4 is 10.1 Å². The molecule has 0 aromatic carbocycles. The van der Waals surface area contributed by atoms with Crippen LogP contribution in [-0.4, -0.2) is 13.9 Å². The van der Waals surface area contributed by atoms with Gasteiger partial charge in [0.25, 0.3) is 0 Å². The summed E-state index contributed by atoms with van der Waals surface area (Å²) < 4.78 is 64.0. The maximum Gasteiger partial charge on any atom is 0.534 e. The molecule has 0 atom stereocenters. The fourth-order valence-electron chi connectivity index (χ4n) is 2.66. The zero-order valence-corrected chi connectivity index (χ0v) is 14.4. The zero-order chi connectivity index (χ0) is 17.2. The number of halogens is 3. The average Bonchev–Trinajstić information content (AvgIpc) is 2.45. The molecule has 1 rings (SSSR count). The van der Waals surface area contributed by atoms with E-state index in [2.05, 4.69) is 4.18 Å². The van der Waals surface area contributed by atoms with Crippen molar-refractivity contribution in [2.45, 2.75) is 89.0 Å². The van der Waals surface area contributed by atoms with E-state index in [1.54, 1.807) is 0 Å². The summed E-state index contributed by atoms with van der Waals surface area (Å²) in [6, 6.07) is 0. The third kappa shape index (κ3) is 8.63. The molecule has 0 N–H and O–H groups in total. The van der Waals surface area contributed by atoms with Crippen LogP contribution >= 0.6 is 0 Å². The minimum absolute atomic E-state index is 0.0582. The first-order valence-electron chi connectivity index (χ1n) is 8.53. The van der Waals surface area contributed by atoms with Crippen LogP contribution in [0.2, 0.25) is 0 Å². The van der Waals surface area contributed by atoms with E-state index in [-0.39, 0.29) is 12.2 Å². The van der Waals surface area contributed by atoms with Gasteiger partial charge in [-0.3, -0.25) is 0 Å². The highest BCUT2D eigenvalue weighted by molar-refractivity contribution is 7.87. The number of rotatable bonds is 2. The van der Waals surface area contributed by atoms with E-state index in [4.69, 9.17) is 0 Å². The van der Waals surface area contributed by atoms with Crippen molar-refractivity contribution in [3.8, 4) is 0 Å². The summed E-state index contributed by atoms with van der Waals surface area (Å²) in [6.45, 7) is 0. The summed E-state index contributed by atoms with van der Waals surface area (Å²) in [5.41, 5.74) is -5.37. The van der Waals surface area contributed by atoms with Gasteiger partial charge in [-0.05, 0) is 25.3 Å². The van der Waals surface area contributed by atoms with Crippen molar-refractivity contribution in [1.29, 1.82) is 0 Å². The normalized spacial score (nSPS) is 23.2. The molecule has 0 bridgehead atoms. The van der Waals surface area contributed by atoms with Crippen molar-refractivity contribution in [3.05, 3.63) is 11.8 Å². The van der Waals surface area contributed by atoms with Crippen molar-refractivity contribution in [1.82, 2.24) is 0 Å². The Morgan fingerprint density at radius 1 is 0.783 bits per heavy atom. The molecule has 7 heteroatoms. The Bertz CT molecular complexity index is 456. The zero-order valence-electron chi connectivity index (χ0n) is 13.5. The fraction of sp³-hybridized carbons (Fsp3) is 0.875. The lowest BCUT2D eigenvalue weighted by molar-refractivity contribution is -0.0523. The van der Waals surface area contributed by atoms with Gasteiger partial charge in [-0.2, -0.15) is 21.6 Å². The van der Waals surface area contributed by atoms with Crippen LogP contribution in [-0.2, 0) is 14.3 Å². The monoisotopic (exact) mass is 356 g/mol. The summed E-state index contributed by atoms with van der Waals surface area (Å²) in [4.78, 5) is 0. The van der Waals surface area contributed by atoms with E-state index in [0.29, 0.717) is 12.8 Å². The second-order valence-corrected chi connectivity index (χ2v) is 7.62. The third-order valence-electron chi connectivity index (χ3n) is 4.00. The quantitative estimate of drug-likeness (QED) is 0.462. The minimum atomic E-state index is -5.55. The van der Waals surface area contributed by atoms with Crippen molar-refractivity contribution in [2.75, 3.05) is 0 Å². The van der Waals surface area contributed by atoms with E-state index in [1.165, 1.54) is 31.8 Å². The highest BCUT2D eigenvalue weighted by Gasteiger charge is 2.48. The van der Waals surface area contributed by atoms with E-state index in [1.807, 2.05) is 0 Å². The molecule has 1 aliphatic rings. The molecular formula is C16H27F3O3S. The lowest BCUT2D eigenvalue weighted by atomic mass is 10.1. The fourth-order valence-corrected chi connectivity index (χ4v) is 3.19. The lowest BCUT2D eigenvalue weighted by Crippen LogP contribution is -2.25. The molecular weight excluding hydrogens is 329 g/mol. The second kappa shape index (κ2) is 10.2. The Morgan fingerprint density at radius 3 is 1.70 bits per heavy atom. The molecule has 136 valence electrons. The molecule has 1 aliphatic carbocycles. The van der Waals surface area contributed by atoms with Gasteiger partial charge in [0.1, 0.15) is 5.76 Å². The van der Waals surface area contributed by atoms with E-state index in [9.17, 15) is 21.6 Å². The predicted octanol–water partition coefficient (Wildman–Crippen LogP) is 5.82. The SMILES string of the molecule is O=S(=O)(O/C1=C/CCCCCCCCCCCCC1)C(F)(F)F. The molecule has 0 amide bonds. The lowest BCUT2D eigenvalue weighted by Gasteiger charge is -2.12. The van der Waals surface area contributed by atoms with Gasteiger partial charge in [0.2, 0.25) is 0 Å². The Labute approximate surface area is 137 Å². The topological polar surface area (TPSA) is 43.4 Å². The number of hydrogen-bond donors (Lipinski definition) is 0. The van der Waals surface area contributed by atoms with Crippen molar-refractivity contribution in [2.24, 2.45) is 0 Å². The van der Waals surface area contributed by atoms with Gasteiger partial charge in [-0.15, -0.1) is 0 Å². The molecule has 0 saturated heterocycles. The van der Waals surface area contributed by atoms with Crippen molar-refractivity contribution in [3.63, 3.8) is 0 Å². The summed E-state index contributed by atoms with van der Waals surface area (Å²) in [5, 5.41) is 0. The predicted molar refractivity (Wildman–Crippen MR) is 84.2 cm³/mol. The van der Waals surface area contributed by atoms with Crippen LogP contribution in [0.3, 0.4) is 0 Å².